The molecule has 3 aromatic rings. The summed E-state index contributed by atoms with van der Waals surface area (Å²) in [7, 11) is 1.56. The van der Waals surface area contributed by atoms with Crippen molar-refractivity contribution in [1.82, 2.24) is 9.55 Å². The SMILES string of the molecule is CCOc1ccc(NC(=O)Cn2cnc(-c3ccccc3OC)cc2=O)cc1. The summed E-state index contributed by atoms with van der Waals surface area (Å²) in [6, 6.07) is 15.7. The van der Waals surface area contributed by atoms with Gasteiger partial charge < -0.3 is 14.8 Å². The summed E-state index contributed by atoms with van der Waals surface area (Å²) < 4.78 is 11.9. The van der Waals surface area contributed by atoms with Crippen molar-refractivity contribution in [3.05, 3.63) is 71.3 Å². The number of hydrogen-bond donors (Lipinski definition) is 1. The summed E-state index contributed by atoms with van der Waals surface area (Å²) in [6.07, 6.45) is 1.36. The molecule has 0 aliphatic carbocycles. The summed E-state index contributed by atoms with van der Waals surface area (Å²) in [5.41, 5.74) is 1.51. The minimum absolute atomic E-state index is 0.134. The number of anilines is 1. The van der Waals surface area contributed by atoms with E-state index in [2.05, 4.69) is 10.3 Å². The fourth-order valence-corrected chi connectivity index (χ4v) is 2.70. The topological polar surface area (TPSA) is 82.4 Å². The molecule has 144 valence electrons. The van der Waals surface area contributed by atoms with Crippen LogP contribution >= 0.6 is 0 Å². The molecule has 2 aromatic carbocycles. The van der Waals surface area contributed by atoms with Gasteiger partial charge in [-0.25, -0.2) is 4.98 Å². The van der Waals surface area contributed by atoms with E-state index in [-0.39, 0.29) is 18.0 Å². The van der Waals surface area contributed by atoms with Crippen LogP contribution in [-0.2, 0) is 11.3 Å². The van der Waals surface area contributed by atoms with Gasteiger partial charge in [0.1, 0.15) is 18.0 Å². The number of nitrogens with one attached hydrogen (secondary N) is 1. The second kappa shape index (κ2) is 8.85. The van der Waals surface area contributed by atoms with E-state index in [1.54, 1.807) is 37.4 Å². The van der Waals surface area contributed by atoms with Crippen LogP contribution in [0.4, 0.5) is 5.69 Å². The highest BCUT2D eigenvalue weighted by atomic mass is 16.5. The van der Waals surface area contributed by atoms with Gasteiger partial charge in [0.2, 0.25) is 5.91 Å². The number of para-hydroxylation sites is 1. The Morgan fingerprint density at radius 3 is 2.57 bits per heavy atom. The first-order valence-corrected chi connectivity index (χ1v) is 8.83. The number of nitrogens with zero attached hydrogens (tertiary/aromatic N) is 2. The standard InChI is InChI=1S/C21H21N3O4/c1-3-28-16-10-8-15(9-11-16)23-20(25)13-24-14-22-18(12-21(24)26)17-6-4-5-7-19(17)27-2/h4-12,14H,3,13H2,1-2H3,(H,23,25). The van der Waals surface area contributed by atoms with Crippen LogP contribution in [0.15, 0.2) is 65.7 Å². The second-order valence-corrected chi connectivity index (χ2v) is 5.95. The Bertz CT molecular complexity index is 1010. The van der Waals surface area contributed by atoms with Crippen LogP contribution < -0.4 is 20.3 Å². The number of carbonyl (C=O) groups is 1. The van der Waals surface area contributed by atoms with E-state index < -0.39 is 0 Å². The number of amides is 1. The van der Waals surface area contributed by atoms with E-state index in [0.717, 1.165) is 5.75 Å². The minimum Gasteiger partial charge on any atom is -0.496 e. The van der Waals surface area contributed by atoms with E-state index in [1.165, 1.54) is 17.0 Å². The number of hydrogen-bond acceptors (Lipinski definition) is 5. The number of carbonyl (C=O) groups excluding carboxylic acids is 1. The highest BCUT2D eigenvalue weighted by Crippen LogP contribution is 2.26. The average Bonchev–Trinajstić information content (AvgIpc) is 2.71. The van der Waals surface area contributed by atoms with E-state index in [0.29, 0.717) is 29.3 Å². The van der Waals surface area contributed by atoms with Gasteiger partial charge in [-0.15, -0.1) is 0 Å². The van der Waals surface area contributed by atoms with Crippen molar-refractivity contribution >= 4 is 11.6 Å². The molecule has 0 unspecified atom stereocenters. The molecule has 1 amide bonds. The lowest BCUT2D eigenvalue weighted by atomic mass is 10.1. The molecule has 28 heavy (non-hydrogen) atoms. The lowest BCUT2D eigenvalue weighted by Gasteiger charge is -2.10. The summed E-state index contributed by atoms with van der Waals surface area (Å²) in [6.45, 7) is 2.35. The Hall–Kier alpha value is -3.61. The van der Waals surface area contributed by atoms with E-state index in [4.69, 9.17) is 9.47 Å². The third-order valence-electron chi connectivity index (χ3n) is 4.03. The molecule has 0 atom stereocenters. The molecule has 7 nitrogen and oxygen atoms in total. The Morgan fingerprint density at radius 1 is 1.14 bits per heavy atom. The van der Waals surface area contributed by atoms with Gasteiger partial charge in [-0.2, -0.15) is 0 Å². The molecule has 1 aromatic heterocycles. The third kappa shape index (κ3) is 4.56. The normalized spacial score (nSPS) is 10.4. The Labute approximate surface area is 162 Å². The van der Waals surface area contributed by atoms with Crippen molar-refractivity contribution in [3.63, 3.8) is 0 Å². The predicted octanol–water partition coefficient (Wildman–Crippen LogP) is 2.96. The zero-order chi connectivity index (χ0) is 19.9. The molecule has 3 rings (SSSR count). The number of ether oxygens (including phenoxy) is 2. The van der Waals surface area contributed by atoms with Crippen molar-refractivity contribution in [2.45, 2.75) is 13.5 Å². The number of aromatic nitrogens is 2. The van der Waals surface area contributed by atoms with E-state index in [1.807, 2.05) is 25.1 Å². The first-order chi connectivity index (χ1) is 13.6. The Morgan fingerprint density at radius 2 is 1.89 bits per heavy atom. The van der Waals surface area contributed by atoms with Crippen LogP contribution in [0.3, 0.4) is 0 Å². The van der Waals surface area contributed by atoms with Gasteiger partial charge in [-0.1, -0.05) is 12.1 Å². The van der Waals surface area contributed by atoms with Crippen molar-refractivity contribution in [2.24, 2.45) is 0 Å². The largest absolute Gasteiger partial charge is 0.496 e. The molecule has 0 aliphatic heterocycles. The molecular formula is C21H21N3O4. The van der Waals surface area contributed by atoms with Gasteiger partial charge in [0.05, 0.1) is 25.7 Å². The number of benzene rings is 2. The molecule has 0 saturated carbocycles. The highest BCUT2D eigenvalue weighted by Gasteiger charge is 2.10. The predicted molar refractivity (Wildman–Crippen MR) is 107 cm³/mol. The van der Waals surface area contributed by atoms with Crippen LogP contribution in [-0.4, -0.2) is 29.2 Å². The Balaban J connectivity index is 1.70. The summed E-state index contributed by atoms with van der Waals surface area (Å²) in [4.78, 5) is 29.0. The van der Waals surface area contributed by atoms with Crippen LogP contribution in [0.5, 0.6) is 11.5 Å². The maximum Gasteiger partial charge on any atom is 0.254 e. The van der Waals surface area contributed by atoms with Gasteiger partial charge >= 0.3 is 0 Å². The summed E-state index contributed by atoms with van der Waals surface area (Å²) >= 11 is 0. The summed E-state index contributed by atoms with van der Waals surface area (Å²) in [5, 5.41) is 2.75. The quantitative estimate of drug-likeness (QED) is 0.682. The molecular weight excluding hydrogens is 358 g/mol. The average molecular weight is 379 g/mol. The fourth-order valence-electron chi connectivity index (χ4n) is 2.70. The maximum atomic E-state index is 12.4. The monoisotopic (exact) mass is 379 g/mol. The second-order valence-electron chi connectivity index (χ2n) is 5.95. The van der Waals surface area contributed by atoms with Crippen molar-refractivity contribution in [2.75, 3.05) is 19.0 Å². The molecule has 0 saturated heterocycles. The maximum absolute atomic E-state index is 12.4. The van der Waals surface area contributed by atoms with Crippen LogP contribution in [0, 0.1) is 0 Å². The first kappa shape index (κ1) is 19.2. The van der Waals surface area contributed by atoms with Crippen LogP contribution in [0.1, 0.15) is 6.92 Å². The van der Waals surface area contributed by atoms with Crippen molar-refractivity contribution < 1.29 is 14.3 Å². The number of methoxy groups -OCH3 is 1. The first-order valence-electron chi connectivity index (χ1n) is 8.83. The lowest BCUT2D eigenvalue weighted by molar-refractivity contribution is -0.116. The number of rotatable bonds is 7. The molecule has 0 aliphatic rings. The molecule has 0 radical (unpaired) electrons. The van der Waals surface area contributed by atoms with Crippen molar-refractivity contribution in [3.8, 4) is 22.8 Å². The van der Waals surface area contributed by atoms with Crippen molar-refractivity contribution in [1.29, 1.82) is 0 Å². The van der Waals surface area contributed by atoms with Gasteiger partial charge in [0, 0.05) is 17.3 Å². The minimum atomic E-state index is -0.322. The fraction of sp³-hybridized carbons (Fsp3) is 0.190. The molecule has 0 fully saturated rings. The van der Waals surface area contributed by atoms with Gasteiger partial charge in [-0.05, 0) is 43.3 Å². The van der Waals surface area contributed by atoms with Gasteiger partial charge in [0.15, 0.2) is 0 Å². The summed E-state index contributed by atoms with van der Waals surface area (Å²) in [5.74, 6) is 1.03. The molecule has 0 bridgehead atoms. The molecule has 0 spiro atoms. The van der Waals surface area contributed by atoms with Gasteiger partial charge in [0.25, 0.3) is 5.56 Å². The molecule has 7 heteroatoms. The highest BCUT2D eigenvalue weighted by molar-refractivity contribution is 5.90. The van der Waals surface area contributed by atoms with E-state index >= 15 is 0 Å². The molecule has 1 heterocycles. The lowest BCUT2D eigenvalue weighted by Crippen LogP contribution is -2.27. The third-order valence-corrected chi connectivity index (χ3v) is 4.03. The van der Waals surface area contributed by atoms with Crippen LogP contribution in [0.25, 0.3) is 11.3 Å². The van der Waals surface area contributed by atoms with Gasteiger partial charge in [-0.3, -0.25) is 14.2 Å². The van der Waals surface area contributed by atoms with Crippen LogP contribution in [0.2, 0.25) is 0 Å². The smallest absolute Gasteiger partial charge is 0.254 e. The Kier molecular flexibility index (Phi) is 6.06. The van der Waals surface area contributed by atoms with E-state index in [9.17, 15) is 9.59 Å². The zero-order valence-electron chi connectivity index (χ0n) is 15.7. The molecule has 1 N–H and O–H groups in total. The zero-order valence-corrected chi connectivity index (χ0v) is 15.7.